The lowest BCUT2D eigenvalue weighted by Crippen LogP contribution is -2.45. The predicted octanol–water partition coefficient (Wildman–Crippen LogP) is 0.759. The van der Waals surface area contributed by atoms with Crippen molar-refractivity contribution < 1.29 is 22.7 Å². The first kappa shape index (κ1) is 18.6. The first-order valence-electron chi connectivity index (χ1n) is 7.54. The maximum Gasteiger partial charge on any atom is 0.248 e. The first-order valence-corrected chi connectivity index (χ1v) is 10.3. The van der Waals surface area contributed by atoms with Crippen LogP contribution in [0.5, 0.6) is 5.75 Å². The van der Waals surface area contributed by atoms with E-state index in [1.165, 1.54) is 11.8 Å². The lowest BCUT2D eigenvalue weighted by Gasteiger charge is -2.10. The van der Waals surface area contributed by atoms with Crippen LogP contribution in [-0.2, 0) is 19.4 Å². The Morgan fingerprint density at radius 3 is 2.54 bits per heavy atom. The Hall–Kier alpha value is -1.74. The summed E-state index contributed by atoms with van der Waals surface area (Å²) in [5.74, 6) is -0.642. The highest BCUT2D eigenvalue weighted by Crippen LogP contribution is 2.21. The molecule has 0 unspecified atom stereocenters. The summed E-state index contributed by atoms with van der Waals surface area (Å²) in [4.78, 5) is 24.4. The van der Waals surface area contributed by atoms with Crippen molar-refractivity contribution in [2.24, 2.45) is 5.92 Å². The Kier molecular flexibility index (Phi) is 6.50. The van der Waals surface area contributed by atoms with Gasteiger partial charge in [0.05, 0.1) is 29.8 Å². The second-order valence-corrected chi connectivity index (χ2v) is 8.61. The van der Waals surface area contributed by atoms with Crippen molar-refractivity contribution in [2.45, 2.75) is 18.2 Å². The highest BCUT2D eigenvalue weighted by molar-refractivity contribution is 8.00. The zero-order chi connectivity index (χ0) is 17.6. The van der Waals surface area contributed by atoms with Gasteiger partial charge in [0.2, 0.25) is 11.8 Å². The monoisotopic (exact) mass is 372 g/mol. The van der Waals surface area contributed by atoms with Crippen LogP contribution in [0.25, 0.3) is 0 Å². The summed E-state index contributed by atoms with van der Waals surface area (Å²) in [5.41, 5.74) is 4.60. The molecule has 0 aliphatic carbocycles. The Balaban J connectivity index is 1.70. The van der Waals surface area contributed by atoms with E-state index in [1.54, 1.807) is 0 Å². The van der Waals surface area contributed by atoms with E-state index in [4.69, 9.17) is 4.74 Å². The van der Waals surface area contributed by atoms with Crippen LogP contribution in [0.3, 0.4) is 0 Å². The average molecular weight is 372 g/mol. The second-order valence-electron chi connectivity index (χ2n) is 5.33. The Labute approximate surface area is 145 Å². The van der Waals surface area contributed by atoms with E-state index in [1.807, 2.05) is 31.2 Å². The Morgan fingerprint density at radius 1 is 1.25 bits per heavy atom. The number of amides is 2. The van der Waals surface area contributed by atoms with E-state index in [9.17, 15) is 18.0 Å². The molecule has 1 atom stereocenters. The van der Waals surface area contributed by atoms with Gasteiger partial charge in [0.25, 0.3) is 0 Å². The molecule has 2 N–H and O–H groups in total. The summed E-state index contributed by atoms with van der Waals surface area (Å²) in [7, 11) is -3.12. The molecule has 2 amide bonds. The molecule has 7 nitrogen and oxygen atoms in total. The Morgan fingerprint density at radius 2 is 1.96 bits per heavy atom. The minimum atomic E-state index is -3.12. The van der Waals surface area contributed by atoms with E-state index in [2.05, 4.69) is 10.9 Å². The summed E-state index contributed by atoms with van der Waals surface area (Å²) in [6, 6.07) is 7.36. The zero-order valence-electron chi connectivity index (χ0n) is 13.3. The molecule has 24 heavy (non-hydrogen) atoms. The number of carbonyl (C=O) groups is 2. The molecule has 2 rings (SSSR count). The lowest BCUT2D eigenvalue weighted by molar-refractivity contribution is -0.129. The number of ether oxygens (including phenoxy) is 1. The SMILES string of the molecule is CCOc1ccc(SCC(=O)NNC(=O)[C@H]2CCS(=O)(=O)C2)cc1. The van der Waals surface area contributed by atoms with Crippen LogP contribution in [0.2, 0.25) is 0 Å². The number of sulfone groups is 1. The van der Waals surface area contributed by atoms with E-state index in [0.29, 0.717) is 13.0 Å². The van der Waals surface area contributed by atoms with E-state index in [-0.39, 0.29) is 23.2 Å². The molecule has 1 fully saturated rings. The summed E-state index contributed by atoms with van der Waals surface area (Å²) in [6.07, 6.45) is 0.297. The summed E-state index contributed by atoms with van der Waals surface area (Å²) in [5, 5.41) is 0. The minimum absolute atomic E-state index is 0.0205. The molecule has 1 aromatic carbocycles. The van der Waals surface area contributed by atoms with Crippen LogP contribution >= 0.6 is 11.8 Å². The number of hydrogen-bond acceptors (Lipinski definition) is 6. The van der Waals surface area contributed by atoms with Gasteiger partial charge in [0.15, 0.2) is 9.84 Å². The molecule has 9 heteroatoms. The van der Waals surface area contributed by atoms with Crippen molar-refractivity contribution in [3.8, 4) is 5.75 Å². The molecule has 132 valence electrons. The van der Waals surface area contributed by atoms with Gasteiger partial charge in [0, 0.05) is 4.90 Å². The molecule has 0 aromatic heterocycles. The largest absolute Gasteiger partial charge is 0.494 e. The van der Waals surface area contributed by atoms with E-state index >= 15 is 0 Å². The van der Waals surface area contributed by atoms with Crippen molar-refractivity contribution in [1.82, 2.24) is 10.9 Å². The predicted molar refractivity (Wildman–Crippen MR) is 91.4 cm³/mol. The molecule has 0 spiro atoms. The number of hydrogen-bond donors (Lipinski definition) is 2. The highest BCUT2D eigenvalue weighted by Gasteiger charge is 2.33. The fraction of sp³-hybridized carbons (Fsp3) is 0.467. The molecule has 1 saturated heterocycles. The number of nitrogens with one attached hydrogen (secondary N) is 2. The number of rotatable bonds is 6. The van der Waals surface area contributed by atoms with E-state index < -0.39 is 21.7 Å². The number of benzene rings is 1. The van der Waals surface area contributed by atoms with Crippen molar-refractivity contribution >= 4 is 33.4 Å². The van der Waals surface area contributed by atoms with Gasteiger partial charge in [-0.1, -0.05) is 0 Å². The molecular weight excluding hydrogens is 352 g/mol. The smallest absolute Gasteiger partial charge is 0.248 e. The number of carbonyl (C=O) groups excluding carboxylic acids is 2. The minimum Gasteiger partial charge on any atom is -0.494 e. The molecule has 0 bridgehead atoms. The number of hydrazine groups is 1. The van der Waals surface area contributed by atoms with Gasteiger partial charge in [-0.15, -0.1) is 11.8 Å². The fourth-order valence-electron chi connectivity index (χ4n) is 2.22. The van der Waals surface area contributed by atoms with Gasteiger partial charge in [-0.3, -0.25) is 20.4 Å². The summed E-state index contributed by atoms with van der Waals surface area (Å²) >= 11 is 1.32. The van der Waals surface area contributed by atoms with Gasteiger partial charge >= 0.3 is 0 Å². The first-order chi connectivity index (χ1) is 11.4. The maximum atomic E-state index is 11.8. The third-order valence-electron chi connectivity index (χ3n) is 3.43. The quantitative estimate of drug-likeness (QED) is 0.565. The van der Waals surface area contributed by atoms with Crippen molar-refractivity contribution in [3.63, 3.8) is 0 Å². The van der Waals surface area contributed by atoms with Crippen LogP contribution in [0, 0.1) is 5.92 Å². The zero-order valence-corrected chi connectivity index (χ0v) is 14.9. The summed E-state index contributed by atoms with van der Waals surface area (Å²) < 4.78 is 28.0. The third kappa shape index (κ3) is 5.72. The molecule has 1 aromatic rings. The molecule has 1 aliphatic heterocycles. The van der Waals surface area contributed by atoms with Crippen LogP contribution in [0.15, 0.2) is 29.2 Å². The van der Waals surface area contributed by atoms with Gasteiger partial charge in [-0.05, 0) is 37.6 Å². The van der Waals surface area contributed by atoms with Gasteiger partial charge in [0.1, 0.15) is 5.75 Å². The van der Waals surface area contributed by atoms with Gasteiger partial charge < -0.3 is 4.74 Å². The molecule has 0 saturated carbocycles. The normalized spacial score (nSPS) is 18.8. The van der Waals surface area contributed by atoms with Crippen LogP contribution in [0.1, 0.15) is 13.3 Å². The maximum absolute atomic E-state index is 11.8. The van der Waals surface area contributed by atoms with Crippen molar-refractivity contribution in [1.29, 1.82) is 0 Å². The highest BCUT2D eigenvalue weighted by atomic mass is 32.2. The second kappa shape index (κ2) is 8.39. The van der Waals surface area contributed by atoms with Crippen LogP contribution in [-0.4, -0.2) is 44.1 Å². The van der Waals surface area contributed by atoms with Gasteiger partial charge in [-0.2, -0.15) is 0 Å². The molecule has 0 radical (unpaired) electrons. The van der Waals surface area contributed by atoms with Crippen LogP contribution in [0.4, 0.5) is 0 Å². The van der Waals surface area contributed by atoms with E-state index in [0.717, 1.165) is 10.6 Å². The fourth-order valence-corrected chi connectivity index (χ4v) is 4.66. The third-order valence-corrected chi connectivity index (χ3v) is 6.21. The van der Waals surface area contributed by atoms with Crippen molar-refractivity contribution in [3.05, 3.63) is 24.3 Å². The van der Waals surface area contributed by atoms with Crippen LogP contribution < -0.4 is 15.6 Å². The molecular formula is C15H20N2O5S2. The average Bonchev–Trinajstić information content (AvgIpc) is 2.92. The van der Waals surface area contributed by atoms with Gasteiger partial charge in [-0.25, -0.2) is 8.42 Å². The topological polar surface area (TPSA) is 102 Å². The summed E-state index contributed by atoms with van der Waals surface area (Å²) in [6.45, 7) is 2.50. The van der Waals surface area contributed by atoms with Crippen molar-refractivity contribution in [2.75, 3.05) is 23.9 Å². The Bertz CT molecular complexity index is 688. The molecule has 1 heterocycles. The number of thioether (sulfide) groups is 1. The molecule has 1 aliphatic rings. The standard InChI is InChI=1S/C15H20N2O5S2/c1-2-22-12-3-5-13(6-4-12)23-9-14(18)16-17-15(19)11-7-8-24(20,21)10-11/h3-6,11H,2,7-10H2,1H3,(H,16,18)(H,17,19)/t11-/m0/s1. The lowest BCUT2D eigenvalue weighted by atomic mass is 10.1.